The summed E-state index contributed by atoms with van der Waals surface area (Å²) in [5.74, 6) is 1.43. The number of hydrogen-bond donors (Lipinski definition) is 0. The molecule has 2 aliphatic rings. The van der Waals surface area contributed by atoms with E-state index in [0.717, 1.165) is 45.2 Å². The van der Waals surface area contributed by atoms with Gasteiger partial charge in [0.2, 0.25) is 5.91 Å². The molecule has 2 fully saturated rings. The van der Waals surface area contributed by atoms with Crippen LogP contribution in [0.5, 0.6) is 5.75 Å². The van der Waals surface area contributed by atoms with Gasteiger partial charge in [-0.25, -0.2) is 0 Å². The van der Waals surface area contributed by atoms with E-state index in [4.69, 9.17) is 4.74 Å². The Bertz CT molecular complexity index is 867. The Morgan fingerprint density at radius 2 is 2.07 bits per heavy atom. The third-order valence-corrected chi connectivity index (χ3v) is 7.32. The molecule has 2 atom stereocenters. The normalized spacial score (nSPS) is 21.2. The molecule has 0 saturated carbocycles. The van der Waals surface area contributed by atoms with Crippen LogP contribution in [-0.4, -0.2) is 54.4 Å². The fourth-order valence-electron chi connectivity index (χ4n) is 4.85. The number of carbonyl (C=O) groups excluding carboxylic acids is 2. The van der Waals surface area contributed by atoms with Crippen molar-refractivity contribution in [2.45, 2.75) is 44.6 Å². The molecular formula is C24H30N2O3S. The molecule has 0 unspecified atom stereocenters. The third kappa shape index (κ3) is 4.69. The van der Waals surface area contributed by atoms with Crippen molar-refractivity contribution in [3.8, 4) is 5.75 Å². The van der Waals surface area contributed by atoms with Crippen LogP contribution in [0.25, 0.3) is 0 Å². The highest BCUT2D eigenvalue weighted by molar-refractivity contribution is 7.09. The number of nitrogens with zero attached hydrogens (tertiary/aromatic N) is 2. The number of aryl methyl sites for hydroxylation is 1. The number of likely N-dealkylation sites (tertiary alicyclic amines) is 2. The van der Waals surface area contributed by atoms with E-state index < -0.39 is 0 Å². The average molecular weight is 427 g/mol. The third-order valence-electron chi connectivity index (χ3n) is 6.39. The van der Waals surface area contributed by atoms with Gasteiger partial charge in [0, 0.05) is 42.5 Å². The molecule has 0 N–H and O–H groups in total. The molecule has 0 radical (unpaired) electrons. The molecule has 2 aromatic rings. The maximum atomic E-state index is 13.0. The van der Waals surface area contributed by atoms with Gasteiger partial charge in [0.15, 0.2) is 0 Å². The van der Waals surface area contributed by atoms with Crippen molar-refractivity contribution >= 4 is 23.2 Å². The zero-order chi connectivity index (χ0) is 20.9. The number of ether oxygens (including phenoxy) is 1. The maximum absolute atomic E-state index is 13.0. The average Bonchev–Trinajstić information content (AvgIpc) is 3.31. The molecular weight excluding hydrogens is 396 g/mol. The van der Waals surface area contributed by atoms with Crippen LogP contribution in [0, 0.1) is 5.92 Å². The predicted octanol–water partition coefficient (Wildman–Crippen LogP) is 4.23. The molecule has 160 valence electrons. The fourth-order valence-corrected chi connectivity index (χ4v) is 5.60. The van der Waals surface area contributed by atoms with E-state index in [9.17, 15) is 9.59 Å². The quantitative estimate of drug-likeness (QED) is 0.694. The molecule has 1 aromatic heterocycles. The van der Waals surface area contributed by atoms with Crippen LogP contribution < -0.4 is 4.74 Å². The van der Waals surface area contributed by atoms with E-state index in [0.29, 0.717) is 30.2 Å². The highest BCUT2D eigenvalue weighted by atomic mass is 32.1. The largest absolute Gasteiger partial charge is 0.497 e. The lowest BCUT2D eigenvalue weighted by atomic mass is 9.83. The molecule has 3 heterocycles. The van der Waals surface area contributed by atoms with Gasteiger partial charge in [-0.05, 0) is 67.7 Å². The number of thiophene rings is 1. The van der Waals surface area contributed by atoms with Crippen LogP contribution in [-0.2, 0) is 11.2 Å². The molecule has 2 amide bonds. The Morgan fingerprint density at radius 3 is 2.87 bits per heavy atom. The zero-order valence-corrected chi connectivity index (χ0v) is 18.4. The lowest BCUT2D eigenvalue weighted by Crippen LogP contribution is -2.56. The second kappa shape index (κ2) is 9.65. The number of benzene rings is 1. The summed E-state index contributed by atoms with van der Waals surface area (Å²) in [4.78, 5) is 31.4. The summed E-state index contributed by atoms with van der Waals surface area (Å²) in [5.41, 5.74) is 0.671. The van der Waals surface area contributed by atoms with E-state index in [-0.39, 0.29) is 17.9 Å². The minimum atomic E-state index is 0.0618. The van der Waals surface area contributed by atoms with E-state index in [1.807, 2.05) is 23.1 Å². The van der Waals surface area contributed by atoms with E-state index >= 15 is 0 Å². The molecule has 2 aliphatic heterocycles. The van der Waals surface area contributed by atoms with E-state index in [1.54, 1.807) is 24.5 Å². The summed E-state index contributed by atoms with van der Waals surface area (Å²) in [5, 5.41) is 2.09. The first-order valence-electron chi connectivity index (χ1n) is 10.9. The van der Waals surface area contributed by atoms with Crippen molar-refractivity contribution in [1.82, 2.24) is 9.80 Å². The summed E-state index contributed by atoms with van der Waals surface area (Å²) in [6.07, 6.45) is 5.50. The first-order valence-corrected chi connectivity index (χ1v) is 11.8. The summed E-state index contributed by atoms with van der Waals surface area (Å²) in [6.45, 7) is 2.30. The summed E-state index contributed by atoms with van der Waals surface area (Å²) in [7, 11) is 1.61. The molecule has 6 heteroatoms. The van der Waals surface area contributed by atoms with E-state index in [2.05, 4.69) is 22.4 Å². The van der Waals surface area contributed by atoms with Crippen molar-refractivity contribution in [3.63, 3.8) is 0 Å². The van der Waals surface area contributed by atoms with Crippen LogP contribution in [0.15, 0.2) is 41.8 Å². The topological polar surface area (TPSA) is 49.9 Å². The maximum Gasteiger partial charge on any atom is 0.253 e. The van der Waals surface area contributed by atoms with Gasteiger partial charge in [0.25, 0.3) is 5.91 Å². The summed E-state index contributed by atoms with van der Waals surface area (Å²) >= 11 is 1.76. The Hall–Kier alpha value is -2.34. The molecule has 0 bridgehead atoms. The van der Waals surface area contributed by atoms with Crippen LogP contribution in [0.2, 0.25) is 0 Å². The van der Waals surface area contributed by atoms with Crippen molar-refractivity contribution in [2.24, 2.45) is 5.92 Å². The molecule has 0 aliphatic carbocycles. The first-order chi connectivity index (χ1) is 14.7. The standard InChI is InChI=1S/C24H30N2O3S/c1-29-20-8-2-6-18(16-20)24(28)25-14-12-22-19(17-25)7-4-13-26(22)23(27)11-3-9-21-10-5-15-30-21/h2,5-6,8,10,15-16,19,22H,3-4,7,9,11-14,17H2,1H3/t19-,22-/m1/s1. The van der Waals surface area contributed by atoms with Gasteiger partial charge < -0.3 is 14.5 Å². The van der Waals surface area contributed by atoms with Crippen molar-refractivity contribution in [1.29, 1.82) is 0 Å². The van der Waals surface area contributed by atoms with Crippen molar-refractivity contribution in [2.75, 3.05) is 26.7 Å². The number of piperidine rings is 2. The van der Waals surface area contributed by atoms with Crippen LogP contribution in [0.3, 0.4) is 0 Å². The van der Waals surface area contributed by atoms with Gasteiger partial charge in [0.05, 0.1) is 7.11 Å². The van der Waals surface area contributed by atoms with Crippen molar-refractivity contribution < 1.29 is 14.3 Å². The van der Waals surface area contributed by atoms with Gasteiger partial charge in [-0.15, -0.1) is 11.3 Å². The van der Waals surface area contributed by atoms with Crippen LogP contribution in [0.4, 0.5) is 0 Å². The van der Waals surface area contributed by atoms with Gasteiger partial charge in [0.1, 0.15) is 5.75 Å². The number of hydrogen-bond acceptors (Lipinski definition) is 4. The predicted molar refractivity (Wildman–Crippen MR) is 119 cm³/mol. The van der Waals surface area contributed by atoms with Crippen LogP contribution >= 0.6 is 11.3 Å². The van der Waals surface area contributed by atoms with Gasteiger partial charge in [-0.1, -0.05) is 12.1 Å². The van der Waals surface area contributed by atoms with E-state index in [1.165, 1.54) is 4.88 Å². The number of rotatable bonds is 6. The summed E-state index contributed by atoms with van der Waals surface area (Å²) in [6, 6.07) is 11.9. The van der Waals surface area contributed by atoms with Crippen molar-refractivity contribution in [3.05, 3.63) is 52.2 Å². The minimum Gasteiger partial charge on any atom is -0.497 e. The minimum absolute atomic E-state index is 0.0618. The molecule has 2 saturated heterocycles. The number of carbonyl (C=O) groups is 2. The lowest BCUT2D eigenvalue weighted by molar-refractivity contribution is -0.138. The molecule has 30 heavy (non-hydrogen) atoms. The number of methoxy groups -OCH3 is 1. The zero-order valence-electron chi connectivity index (χ0n) is 17.6. The lowest BCUT2D eigenvalue weighted by Gasteiger charge is -2.47. The Morgan fingerprint density at radius 1 is 1.17 bits per heavy atom. The second-order valence-corrected chi connectivity index (χ2v) is 9.29. The fraction of sp³-hybridized carbons (Fsp3) is 0.500. The van der Waals surface area contributed by atoms with Gasteiger partial charge in [-0.2, -0.15) is 0 Å². The first kappa shape index (κ1) is 20.9. The SMILES string of the molecule is COc1cccc(C(=O)N2CC[C@@H]3[C@H](CCCN3C(=O)CCCc3cccs3)C2)c1. The molecule has 4 rings (SSSR count). The highest BCUT2D eigenvalue weighted by Crippen LogP contribution is 2.32. The monoisotopic (exact) mass is 426 g/mol. The number of amides is 2. The Labute approximate surface area is 182 Å². The van der Waals surface area contributed by atoms with Gasteiger partial charge in [-0.3, -0.25) is 9.59 Å². The van der Waals surface area contributed by atoms with Gasteiger partial charge >= 0.3 is 0 Å². The Balaban J connectivity index is 1.34. The smallest absolute Gasteiger partial charge is 0.253 e. The van der Waals surface area contributed by atoms with Crippen LogP contribution in [0.1, 0.15) is 47.3 Å². The number of fused-ring (bicyclic) bond motifs is 1. The Kier molecular flexibility index (Phi) is 6.72. The second-order valence-electron chi connectivity index (χ2n) is 8.26. The molecule has 1 aromatic carbocycles. The summed E-state index contributed by atoms with van der Waals surface area (Å²) < 4.78 is 5.26. The molecule has 5 nitrogen and oxygen atoms in total. The molecule has 0 spiro atoms. The highest BCUT2D eigenvalue weighted by Gasteiger charge is 2.39.